The van der Waals surface area contributed by atoms with E-state index in [0.717, 1.165) is 55.4 Å². The lowest BCUT2D eigenvalue weighted by molar-refractivity contribution is -0.155. The standard InChI is InChI=1S/C40H49F3N8O5S/c1-23(54-4)34-27(16-25(19-45-34)49-10-8-48(9-11-49)21-40(41,42)43)35-28-18-39(2,3)22-56-38(53)30-6-5-7-51(47-30)37(52)29(44)17-33-46-31(20-57-33)24-14-26(28)36-32(15-24)55-13-12-50(35)36/h14-16,19-20,23,29-30,47H,5-13,17-18,21-22,44H2,1-4H3/t23-,29-,30-/m0/s1. The summed E-state index contributed by atoms with van der Waals surface area (Å²) in [5.74, 6) is -0.0195. The zero-order valence-corrected chi connectivity index (χ0v) is 33.5. The fourth-order valence-electron chi connectivity index (χ4n) is 8.44. The number of hydrazine groups is 1. The molecule has 4 aliphatic rings. The molecule has 17 heteroatoms. The predicted molar refractivity (Wildman–Crippen MR) is 210 cm³/mol. The first kappa shape index (κ1) is 39.5. The first-order valence-electron chi connectivity index (χ1n) is 19.5. The van der Waals surface area contributed by atoms with Crippen molar-refractivity contribution in [3.8, 4) is 28.3 Å². The molecular weight excluding hydrogens is 762 g/mol. The number of fused-ring (bicyclic) bond motifs is 6. The number of cyclic esters (lactones) is 1. The molecule has 2 saturated heterocycles. The normalized spacial score (nSPS) is 22.6. The van der Waals surface area contributed by atoms with Crippen LogP contribution in [0.25, 0.3) is 33.4 Å². The molecule has 2 fully saturated rings. The lowest BCUT2D eigenvalue weighted by Crippen LogP contribution is -2.59. The van der Waals surface area contributed by atoms with Crippen molar-refractivity contribution in [1.82, 2.24) is 29.9 Å². The summed E-state index contributed by atoms with van der Waals surface area (Å²) < 4.78 is 60.2. The Kier molecular flexibility index (Phi) is 10.7. The number of halogens is 3. The minimum absolute atomic E-state index is 0.115. The van der Waals surface area contributed by atoms with Gasteiger partial charge >= 0.3 is 12.1 Å². The molecule has 0 aliphatic carbocycles. The number of piperazine rings is 1. The summed E-state index contributed by atoms with van der Waals surface area (Å²) in [7, 11) is 1.64. The quantitative estimate of drug-likeness (QED) is 0.261. The number of alkyl halides is 3. The second-order valence-corrected chi connectivity index (χ2v) is 17.2. The van der Waals surface area contributed by atoms with E-state index in [0.29, 0.717) is 57.8 Å². The number of aromatic nitrogens is 3. The zero-order valence-electron chi connectivity index (χ0n) is 32.7. The van der Waals surface area contributed by atoms with Gasteiger partial charge in [-0.15, -0.1) is 11.3 Å². The smallest absolute Gasteiger partial charge is 0.401 e. The Morgan fingerprint density at radius 1 is 1.11 bits per heavy atom. The number of rotatable bonds is 5. The van der Waals surface area contributed by atoms with Crippen LogP contribution in [0.2, 0.25) is 0 Å². The lowest BCUT2D eigenvalue weighted by Gasteiger charge is -2.36. The molecule has 3 N–H and O–H groups in total. The van der Waals surface area contributed by atoms with Gasteiger partial charge in [-0.3, -0.25) is 24.5 Å². The summed E-state index contributed by atoms with van der Waals surface area (Å²) in [6, 6.07) is 4.70. The predicted octanol–water partition coefficient (Wildman–Crippen LogP) is 5.10. The Bertz CT molecular complexity index is 2160. The fourth-order valence-corrected chi connectivity index (χ4v) is 9.30. The van der Waals surface area contributed by atoms with Crippen LogP contribution in [-0.2, 0) is 38.4 Å². The summed E-state index contributed by atoms with van der Waals surface area (Å²) in [5, 5.41) is 5.10. The molecule has 0 radical (unpaired) electrons. The summed E-state index contributed by atoms with van der Waals surface area (Å²) in [5.41, 5.74) is 15.8. The SMILES string of the molecule is CO[C@@H](C)c1ncc(N2CCN(CC(F)(F)F)CC2)cc1-c1c2c3cc(cc4c3n1CCO4)-c1csc(n1)C[C@H](N)C(=O)N1CCC[C@H](N1)C(=O)OCC(C)(C)C2. The van der Waals surface area contributed by atoms with Gasteiger partial charge in [-0.1, -0.05) is 13.8 Å². The van der Waals surface area contributed by atoms with Gasteiger partial charge in [-0.25, -0.2) is 10.4 Å². The van der Waals surface area contributed by atoms with Gasteiger partial charge in [0.2, 0.25) is 0 Å². The van der Waals surface area contributed by atoms with Crippen molar-refractivity contribution in [1.29, 1.82) is 0 Å². The van der Waals surface area contributed by atoms with Gasteiger partial charge in [-0.2, -0.15) is 13.2 Å². The monoisotopic (exact) mass is 810 g/mol. The zero-order chi connectivity index (χ0) is 40.2. The number of hydrogen-bond acceptors (Lipinski definition) is 12. The van der Waals surface area contributed by atoms with Gasteiger partial charge in [0.1, 0.15) is 18.4 Å². The van der Waals surface area contributed by atoms with E-state index in [1.807, 2.05) is 18.4 Å². The Labute approximate surface area is 333 Å². The van der Waals surface area contributed by atoms with E-state index in [1.54, 1.807) is 13.3 Å². The molecule has 8 rings (SSSR count). The average Bonchev–Trinajstić information content (AvgIpc) is 3.78. The van der Waals surface area contributed by atoms with E-state index >= 15 is 0 Å². The van der Waals surface area contributed by atoms with Crippen molar-refractivity contribution < 1.29 is 37.0 Å². The summed E-state index contributed by atoms with van der Waals surface area (Å²) >= 11 is 1.44. The summed E-state index contributed by atoms with van der Waals surface area (Å²) in [6.07, 6.45) is -0.950. The first-order chi connectivity index (χ1) is 27.2. The molecule has 0 saturated carbocycles. The van der Waals surface area contributed by atoms with Crippen molar-refractivity contribution in [2.24, 2.45) is 11.1 Å². The van der Waals surface area contributed by atoms with Crippen LogP contribution in [0.5, 0.6) is 5.75 Å². The van der Waals surface area contributed by atoms with Gasteiger partial charge in [0, 0.05) is 73.6 Å². The Hall–Kier alpha value is -4.29. The highest BCUT2D eigenvalue weighted by atomic mass is 32.1. The Balaban J connectivity index is 1.27. The number of esters is 1. The largest absolute Gasteiger partial charge is 0.489 e. The number of thiazole rings is 1. The average molecular weight is 811 g/mol. The molecular formula is C40H49F3N8O5S. The number of nitrogens with two attached hydrogens (primary N) is 1. The number of carbonyl (C=O) groups excluding carboxylic acids is 2. The molecule has 0 unspecified atom stereocenters. The number of ether oxygens (including phenoxy) is 3. The van der Waals surface area contributed by atoms with Crippen LogP contribution in [0.3, 0.4) is 0 Å². The minimum Gasteiger partial charge on any atom is -0.489 e. The molecule has 3 atom stereocenters. The van der Waals surface area contributed by atoms with E-state index in [9.17, 15) is 22.8 Å². The maximum Gasteiger partial charge on any atom is 0.401 e. The van der Waals surface area contributed by atoms with Gasteiger partial charge in [0.25, 0.3) is 5.91 Å². The highest BCUT2D eigenvalue weighted by Gasteiger charge is 2.36. The van der Waals surface area contributed by atoms with Crippen molar-refractivity contribution in [2.75, 3.05) is 64.5 Å². The van der Waals surface area contributed by atoms with Crippen LogP contribution < -0.4 is 20.8 Å². The van der Waals surface area contributed by atoms with E-state index < -0.39 is 36.2 Å². The number of hydrogen-bond donors (Lipinski definition) is 2. The highest BCUT2D eigenvalue weighted by molar-refractivity contribution is 7.10. The molecule has 7 heterocycles. The lowest BCUT2D eigenvalue weighted by atomic mass is 9.84. The molecule has 3 aromatic heterocycles. The second kappa shape index (κ2) is 15.5. The van der Waals surface area contributed by atoms with Gasteiger partial charge in [0.05, 0.1) is 71.3 Å². The van der Waals surface area contributed by atoms with Crippen LogP contribution in [0.15, 0.2) is 29.8 Å². The molecule has 1 amide bonds. The number of amides is 1. The Morgan fingerprint density at radius 2 is 1.89 bits per heavy atom. The minimum atomic E-state index is -4.25. The molecule has 57 heavy (non-hydrogen) atoms. The first-order valence-corrected chi connectivity index (χ1v) is 20.4. The molecule has 0 spiro atoms. The molecule has 4 aliphatic heterocycles. The van der Waals surface area contributed by atoms with Crippen LogP contribution in [0.4, 0.5) is 18.9 Å². The van der Waals surface area contributed by atoms with Crippen molar-refractivity contribution in [2.45, 2.75) is 77.4 Å². The maximum atomic E-state index is 13.6. The van der Waals surface area contributed by atoms with Crippen molar-refractivity contribution >= 4 is 39.8 Å². The van der Waals surface area contributed by atoms with Crippen LogP contribution in [0, 0.1) is 5.41 Å². The summed E-state index contributed by atoms with van der Waals surface area (Å²) in [4.78, 5) is 40.4. The van der Waals surface area contributed by atoms with Gasteiger partial charge in [-0.05, 0) is 49.9 Å². The van der Waals surface area contributed by atoms with E-state index in [-0.39, 0.29) is 38.1 Å². The number of benzene rings is 1. The van der Waals surface area contributed by atoms with Gasteiger partial charge in [0.15, 0.2) is 0 Å². The maximum absolute atomic E-state index is 13.6. The van der Waals surface area contributed by atoms with Crippen LogP contribution in [-0.4, -0.2) is 114 Å². The molecule has 13 nitrogen and oxygen atoms in total. The number of nitrogens with zero attached hydrogens (tertiary/aromatic N) is 6. The third kappa shape index (κ3) is 8.09. The molecule has 1 aromatic carbocycles. The number of methoxy groups -OCH3 is 1. The van der Waals surface area contributed by atoms with Crippen LogP contribution >= 0.6 is 11.3 Å². The van der Waals surface area contributed by atoms with Crippen LogP contribution in [0.1, 0.15) is 56.0 Å². The van der Waals surface area contributed by atoms with E-state index in [2.05, 4.69) is 40.9 Å². The number of anilines is 1. The third-order valence-electron chi connectivity index (χ3n) is 11.4. The Morgan fingerprint density at radius 3 is 2.65 bits per heavy atom. The third-order valence-corrected chi connectivity index (χ3v) is 12.3. The molecule has 306 valence electrons. The van der Waals surface area contributed by atoms with Gasteiger partial charge < -0.3 is 29.4 Å². The number of nitrogens with one attached hydrogen (secondary N) is 1. The second-order valence-electron chi connectivity index (χ2n) is 16.3. The highest BCUT2D eigenvalue weighted by Crippen LogP contribution is 2.47. The topological polar surface area (TPSA) is 140 Å². The van der Waals surface area contributed by atoms with E-state index in [1.165, 1.54) is 21.2 Å². The molecule has 4 aromatic rings. The molecule has 6 bridgehead atoms. The van der Waals surface area contributed by atoms with Crippen molar-refractivity contribution in [3.63, 3.8) is 0 Å². The summed E-state index contributed by atoms with van der Waals surface area (Å²) in [6.45, 7) is 8.09. The van der Waals surface area contributed by atoms with E-state index in [4.69, 9.17) is 29.9 Å². The van der Waals surface area contributed by atoms with Crippen molar-refractivity contribution in [3.05, 3.63) is 46.0 Å². The number of carbonyl (C=O) groups is 2. The fraction of sp³-hybridized carbons (Fsp3) is 0.550. The number of pyridine rings is 1.